The maximum Gasteiger partial charge on any atom is 0.125 e. The molecule has 3 rings (SSSR count). The SMILES string of the molecule is Oc1c2c(c(O)c3c1CCC[C@@H]3O)CCCC2. The quantitative estimate of drug-likeness (QED) is 0.604. The molecule has 0 radical (unpaired) electrons. The minimum atomic E-state index is -0.614. The lowest BCUT2D eigenvalue weighted by Gasteiger charge is -2.28. The molecule has 0 heterocycles. The van der Waals surface area contributed by atoms with Crippen LogP contribution in [0.25, 0.3) is 0 Å². The van der Waals surface area contributed by atoms with Crippen molar-refractivity contribution in [2.45, 2.75) is 51.0 Å². The van der Waals surface area contributed by atoms with Crippen LogP contribution in [0.1, 0.15) is 54.0 Å². The average molecular weight is 234 g/mol. The molecule has 0 unspecified atom stereocenters. The molecule has 3 N–H and O–H groups in total. The molecule has 2 aliphatic rings. The van der Waals surface area contributed by atoms with E-state index in [1.54, 1.807) is 0 Å². The van der Waals surface area contributed by atoms with Gasteiger partial charge in [0, 0.05) is 22.3 Å². The molecule has 0 aliphatic heterocycles. The van der Waals surface area contributed by atoms with Crippen LogP contribution in [0.15, 0.2) is 0 Å². The minimum Gasteiger partial charge on any atom is -0.507 e. The van der Waals surface area contributed by atoms with Gasteiger partial charge >= 0.3 is 0 Å². The summed E-state index contributed by atoms with van der Waals surface area (Å²) in [4.78, 5) is 0. The van der Waals surface area contributed by atoms with E-state index in [1.807, 2.05) is 0 Å². The Kier molecular flexibility index (Phi) is 2.51. The monoisotopic (exact) mass is 234 g/mol. The van der Waals surface area contributed by atoms with Crippen LogP contribution in [-0.4, -0.2) is 15.3 Å². The van der Waals surface area contributed by atoms with Crippen molar-refractivity contribution in [3.63, 3.8) is 0 Å². The molecule has 0 saturated carbocycles. The van der Waals surface area contributed by atoms with Crippen molar-refractivity contribution >= 4 is 0 Å². The number of phenolic OH excluding ortho intramolecular Hbond substituents is 2. The van der Waals surface area contributed by atoms with E-state index in [2.05, 4.69) is 0 Å². The van der Waals surface area contributed by atoms with Crippen molar-refractivity contribution in [3.05, 3.63) is 22.3 Å². The molecule has 0 spiro atoms. The first kappa shape index (κ1) is 10.9. The van der Waals surface area contributed by atoms with E-state index in [9.17, 15) is 15.3 Å². The van der Waals surface area contributed by atoms with Gasteiger partial charge in [-0.2, -0.15) is 0 Å². The van der Waals surface area contributed by atoms with Gasteiger partial charge in [-0.15, -0.1) is 0 Å². The van der Waals surface area contributed by atoms with Gasteiger partial charge < -0.3 is 15.3 Å². The lowest BCUT2D eigenvalue weighted by Crippen LogP contribution is -2.14. The molecule has 92 valence electrons. The molecule has 1 aromatic rings. The largest absolute Gasteiger partial charge is 0.507 e. The second-order valence-corrected chi connectivity index (χ2v) is 5.16. The summed E-state index contributed by atoms with van der Waals surface area (Å²) in [5.74, 6) is 0.589. The first-order chi connectivity index (χ1) is 8.20. The molecular weight excluding hydrogens is 216 g/mol. The summed E-state index contributed by atoms with van der Waals surface area (Å²) in [6.45, 7) is 0. The highest BCUT2D eigenvalue weighted by molar-refractivity contribution is 5.60. The maximum absolute atomic E-state index is 10.3. The Morgan fingerprint density at radius 1 is 0.765 bits per heavy atom. The molecule has 1 atom stereocenters. The molecule has 0 aromatic heterocycles. The number of phenols is 2. The summed E-state index contributed by atoms with van der Waals surface area (Å²) in [5, 5.41) is 30.6. The van der Waals surface area contributed by atoms with Crippen molar-refractivity contribution in [2.24, 2.45) is 0 Å². The number of rotatable bonds is 0. The summed E-state index contributed by atoms with van der Waals surface area (Å²) in [5.41, 5.74) is 3.16. The number of aromatic hydroxyl groups is 2. The van der Waals surface area contributed by atoms with Gasteiger partial charge in [0.05, 0.1) is 6.10 Å². The molecule has 1 aromatic carbocycles. The summed E-state index contributed by atoms with van der Waals surface area (Å²) in [6.07, 6.45) is 5.48. The van der Waals surface area contributed by atoms with Crippen molar-refractivity contribution in [1.29, 1.82) is 0 Å². The first-order valence-electron chi connectivity index (χ1n) is 6.46. The Hall–Kier alpha value is -1.22. The fourth-order valence-electron chi connectivity index (χ4n) is 3.27. The summed E-state index contributed by atoms with van der Waals surface area (Å²) in [7, 11) is 0. The van der Waals surface area contributed by atoms with Gasteiger partial charge in [0.15, 0.2) is 0 Å². The Morgan fingerprint density at radius 3 is 2.06 bits per heavy atom. The highest BCUT2D eigenvalue weighted by atomic mass is 16.3. The normalized spacial score (nSPS) is 23.0. The van der Waals surface area contributed by atoms with Gasteiger partial charge in [0.1, 0.15) is 11.5 Å². The Bertz CT molecular complexity index is 465. The molecule has 0 saturated heterocycles. The van der Waals surface area contributed by atoms with Gasteiger partial charge in [-0.1, -0.05) is 0 Å². The minimum absolute atomic E-state index is 0.250. The van der Waals surface area contributed by atoms with Crippen LogP contribution in [-0.2, 0) is 19.3 Å². The third-order valence-electron chi connectivity index (χ3n) is 4.14. The topological polar surface area (TPSA) is 60.7 Å². The highest BCUT2D eigenvalue weighted by Gasteiger charge is 2.30. The summed E-state index contributed by atoms with van der Waals surface area (Å²) in [6, 6.07) is 0. The van der Waals surface area contributed by atoms with Crippen molar-refractivity contribution in [2.75, 3.05) is 0 Å². The zero-order valence-electron chi connectivity index (χ0n) is 9.87. The fourth-order valence-corrected chi connectivity index (χ4v) is 3.27. The fraction of sp³-hybridized carbons (Fsp3) is 0.571. The van der Waals surface area contributed by atoms with Crippen LogP contribution in [0.4, 0.5) is 0 Å². The van der Waals surface area contributed by atoms with E-state index in [0.29, 0.717) is 17.7 Å². The molecule has 3 heteroatoms. The summed E-state index contributed by atoms with van der Waals surface area (Å²) >= 11 is 0. The number of benzene rings is 1. The lowest BCUT2D eigenvalue weighted by molar-refractivity contribution is 0.151. The predicted molar refractivity (Wildman–Crippen MR) is 64.3 cm³/mol. The first-order valence-corrected chi connectivity index (χ1v) is 6.46. The van der Waals surface area contributed by atoms with Gasteiger partial charge in [0.2, 0.25) is 0 Å². The molecule has 2 aliphatic carbocycles. The molecule has 0 fully saturated rings. The van der Waals surface area contributed by atoms with Crippen LogP contribution in [0.3, 0.4) is 0 Å². The number of aliphatic hydroxyl groups is 1. The van der Waals surface area contributed by atoms with Crippen molar-refractivity contribution in [1.82, 2.24) is 0 Å². The average Bonchev–Trinajstić information content (AvgIpc) is 2.36. The van der Waals surface area contributed by atoms with E-state index >= 15 is 0 Å². The number of hydrogen-bond donors (Lipinski definition) is 3. The molecule has 3 nitrogen and oxygen atoms in total. The smallest absolute Gasteiger partial charge is 0.125 e. The lowest BCUT2D eigenvalue weighted by atomic mass is 9.80. The van der Waals surface area contributed by atoms with E-state index < -0.39 is 6.10 Å². The zero-order chi connectivity index (χ0) is 12.0. The van der Waals surface area contributed by atoms with Crippen molar-refractivity contribution in [3.8, 4) is 11.5 Å². The van der Waals surface area contributed by atoms with Gasteiger partial charge in [-0.05, 0) is 44.9 Å². The van der Waals surface area contributed by atoms with Crippen molar-refractivity contribution < 1.29 is 15.3 Å². The zero-order valence-corrected chi connectivity index (χ0v) is 9.87. The van der Waals surface area contributed by atoms with E-state index in [4.69, 9.17) is 0 Å². The van der Waals surface area contributed by atoms with Crippen LogP contribution in [0, 0.1) is 0 Å². The number of hydrogen-bond acceptors (Lipinski definition) is 3. The van der Waals surface area contributed by atoms with Crippen LogP contribution >= 0.6 is 0 Å². The highest BCUT2D eigenvalue weighted by Crippen LogP contribution is 2.47. The van der Waals surface area contributed by atoms with Crippen LogP contribution in [0.2, 0.25) is 0 Å². The molecular formula is C14H18O3. The Balaban J connectivity index is 2.26. The molecule has 0 bridgehead atoms. The number of aliphatic hydroxyl groups excluding tert-OH is 1. The standard InChI is InChI=1S/C14H18O3/c15-11-7-3-6-10-12(11)14(17)9-5-2-1-4-8(9)13(10)16/h11,15-17H,1-7H2/t11-/m0/s1. The third kappa shape index (κ3) is 1.53. The third-order valence-corrected chi connectivity index (χ3v) is 4.14. The van der Waals surface area contributed by atoms with Gasteiger partial charge in [-0.25, -0.2) is 0 Å². The van der Waals surface area contributed by atoms with E-state index in [0.717, 1.165) is 55.2 Å². The Morgan fingerprint density at radius 2 is 1.35 bits per heavy atom. The maximum atomic E-state index is 10.3. The summed E-state index contributed by atoms with van der Waals surface area (Å²) < 4.78 is 0. The van der Waals surface area contributed by atoms with E-state index in [1.165, 1.54) is 0 Å². The van der Waals surface area contributed by atoms with Gasteiger partial charge in [-0.3, -0.25) is 0 Å². The Labute approximate surface area is 101 Å². The van der Waals surface area contributed by atoms with Gasteiger partial charge in [0.25, 0.3) is 0 Å². The van der Waals surface area contributed by atoms with Crippen LogP contribution < -0.4 is 0 Å². The van der Waals surface area contributed by atoms with Crippen LogP contribution in [0.5, 0.6) is 11.5 Å². The van der Waals surface area contributed by atoms with E-state index in [-0.39, 0.29) is 5.75 Å². The predicted octanol–water partition coefficient (Wildman–Crippen LogP) is 2.35. The number of fused-ring (bicyclic) bond motifs is 2. The second kappa shape index (κ2) is 3.91. The molecule has 0 amide bonds. The second-order valence-electron chi connectivity index (χ2n) is 5.16. The molecule has 17 heavy (non-hydrogen) atoms.